The number of nitrogen functional groups attached to an aromatic ring is 1. The fourth-order valence-electron chi connectivity index (χ4n) is 2.01. The second-order valence-electron chi connectivity index (χ2n) is 4.26. The Bertz CT molecular complexity index is 506. The molecule has 1 aliphatic rings. The lowest BCUT2D eigenvalue weighted by molar-refractivity contribution is -0.383. The summed E-state index contributed by atoms with van der Waals surface area (Å²) in [5.41, 5.74) is 5.97. The van der Waals surface area contributed by atoms with Gasteiger partial charge in [0.2, 0.25) is 5.91 Å². The van der Waals surface area contributed by atoms with Crippen LogP contribution >= 0.6 is 12.6 Å². The summed E-state index contributed by atoms with van der Waals surface area (Å²) in [5, 5.41) is 10.8. The zero-order chi connectivity index (χ0) is 13.3. The van der Waals surface area contributed by atoms with Crippen molar-refractivity contribution in [3.8, 4) is 0 Å². The van der Waals surface area contributed by atoms with E-state index in [0.717, 1.165) is 0 Å². The smallest absolute Gasteiger partial charge is 0.294 e. The Kier molecular flexibility index (Phi) is 3.42. The van der Waals surface area contributed by atoms with E-state index in [-0.39, 0.29) is 23.2 Å². The zero-order valence-electron chi connectivity index (χ0n) is 9.57. The lowest BCUT2D eigenvalue weighted by atomic mass is 10.1. The van der Waals surface area contributed by atoms with Crippen molar-refractivity contribution in [2.24, 2.45) is 5.92 Å². The second-order valence-corrected chi connectivity index (χ2v) is 4.62. The first-order valence-electron chi connectivity index (χ1n) is 5.48. The van der Waals surface area contributed by atoms with Gasteiger partial charge in [0.15, 0.2) is 0 Å². The lowest BCUT2D eigenvalue weighted by Gasteiger charge is -2.16. The fourth-order valence-corrected chi connectivity index (χ4v) is 2.26. The molecule has 1 unspecified atom stereocenters. The van der Waals surface area contributed by atoms with Crippen LogP contribution in [0.2, 0.25) is 0 Å². The van der Waals surface area contributed by atoms with E-state index >= 15 is 0 Å². The van der Waals surface area contributed by atoms with Crippen LogP contribution in [0.3, 0.4) is 0 Å². The number of nitro groups is 1. The molecule has 0 radical (unpaired) electrons. The molecule has 1 aromatic carbocycles. The second kappa shape index (κ2) is 4.85. The van der Waals surface area contributed by atoms with E-state index in [4.69, 9.17) is 5.73 Å². The van der Waals surface area contributed by atoms with E-state index in [9.17, 15) is 14.9 Å². The van der Waals surface area contributed by atoms with E-state index in [1.54, 1.807) is 11.0 Å². The maximum absolute atomic E-state index is 11.8. The van der Waals surface area contributed by atoms with Crippen molar-refractivity contribution in [3.63, 3.8) is 0 Å². The van der Waals surface area contributed by atoms with E-state index in [1.807, 2.05) is 0 Å². The molecule has 0 bridgehead atoms. The Morgan fingerprint density at radius 3 is 2.83 bits per heavy atom. The Morgan fingerprint density at radius 2 is 2.28 bits per heavy atom. The van der Waals surface area contributed by atoms with Crippen molar-refractivity contribution in [1.82, 2.24) is 0 Å². The van der Waals surface area contributed by atoms with Gasteiger partial charge in [0.05, 0.1) is 10.6 Å². The molecule has 18 heavy (non-hydrogen) atoms. The number of rotatable bonds is 3. The highest BCUT2D eigenvalue weighted by Gasteiger charge is 2.30. The standard InChI is InChI=1S/C11H13N3O3S/c12-9-2-1-8(4-10(9)14(16)17)13-5-7(6-18)3-11(13)15/h1-2,4,7,18H,3,5-6,12H2. The van der Waals surface area contributed by atoms with Crippen LogP contribution in [0.5, 0.6) is 0 Å². The molecule has 1 saturated heterocycles. The highest BCUT2D eigenvalue weighted by atomic mass is 32.1. The van der Waals surface area contributed by atoms with Crippen molar-refractivity contribution in [3.05, 3.63) is 28.3 Å². The van der Waals surface area contributed by atoms with Crippen LogP contribution in [0.25, 0.3) is 0 Å². The molecule has 0 aliphatic carbocycles. The number of anilines is 2. The average molecular weight is 267 g/mol. The van der Waals surface area contributed by atoms with Gasteiger partial charge < -0.3 is 10.6 Å². The highest BCUT2D eigenvalue weighted by molar-refractivity contribution is 7.80. The van der Waals surface area contributed by atoms with Crippen LogP contribution in [0, 0.1) is 16.0 Å². The molecule has 96 valence electrons. The minimum absolute atomic E-state index is 0.0341. The van der Waals surface area contributed by atoms with Gasteiger partial charge in [-0.1, -0.05) is 0 Å². The Hall–Kier alpha value is -1.76. The maximum atomic E-state index is 11.8. The Morgan fingerprint density at radius 1 is 1.56 bits per heavy atom. The van der Waals surface area contributed by atoms with E-state index < -0.39 is 4.92 Å². The first-order valence-corrected chi connectivity index (χ1v) is 6.11. The third kappa shape index (κ3) is 2.26. The molecule has 0 saturated carbocycles. The number of hydrogen-bond donors (Lipinski definition) is 2. The van der Waals surface area contributed by atoms with Gasteiger partial charge in [-0.3, -0.25) is 14.9 Å². The minimum Gasteiger partial charge on any atom is -0.393 e. The van der Waals surface area contributed by atoms with Gasteiger partial charge in [-0.2, -0.15) is 12.6 Å². The summed E-state index contributed by atoms with van der Waals surface area (Å²) in [6.07, 6.45) is 0.432. The average Bonchev–Trinajstić information content (AvgIpc) is 2.71. The molecule has 1 atom stereocenters. The molecule has 1 fully saturated rings. The Labute approximate surface area is 109 Å². The molecule has 0 spiro atoms. The third-order valence-electron chi connectivity index (χ3n) is 2.99. The summed E-state index contributed by atoms with van der Waals surface area (Å²) < 4.78 is 0. The summed E-state index contributed by atoms with van der Waals surface area (Å²) in [6, 6.07) is 4.42. The van der Waals surface area contributed by atoms with Crippen LogP contribution in [0.4, 0.5) is 17.1 Å². The number of carbonyl (C=O) groups excluding carboxylic acids is 1. The van der Waals surface area contributed by atoms with Crippen molar-refractivity contribution in [2.75, 3.05) is 22.9 Å². The lowest BCUT2D eigenvalue weighted by Crippen LogP contribution is -2.24. The minimum atomic E-state index is -0.546. The maximum Gasteiger partial charge on any atom is 0.294 e. The van der Waals surface area contributed by atoms with Crippen LogP contribution in [-0.4, -0.2) is 23.1 Å². The number of thiol groups is 1. The summed E-state index contributed by atoms with van der Waals surface area (Å²) in [6.45, 7) is 0.545. The monoisotopic (exact) mass is 267 g/mol. The molecule has 2 rings (SSSR count). The number of nitrogens with zero attached hydrogens (tertiary/aromatic N) is 2. The van der Waals surface area contributed by atoms with Gasteiger partial charge in [-0.05, 0) is 23.8 Å². The molecule has 1 heterocycles. The van der Waals surface area contributed by atoms with Gasteiger partial charge in [0, 0.05) is 19.0 Å². The molecular formula is C11H13N3O3S. The number of hydrogen-bond acceptors (Lipinski definition) is 5. The van der Waals surface area contributed by atoms with Gasteiger partial charge in [-0.25, -0.2) is 0 Å². The van der Waals surface area contributed by atoms with Crippen molar-refractivity contribution < 1.29 is 9.72 Å². The molecule has 0 aromatic heterocycles. The van der Waals surface area contributed by atoms with Crippen molar-refractivity contribution >= 4 is 35.6 Å². The van der Waals surface area contributed by atoms with Gasteiger partial charge >= 0.3 is 0 Å². The summed E-state index contributed by atoms with van der Waals surface area (Å²) >= 11 is 4.17. The molecule has 7 heteroatoms. The van der Waals surface area contributed by atoms with Gasteiger partial charge in [-0.15, -0.1) is 0 Å². The van der Waals surface area contributed by atoms with Crippen molar-refractivity contribution in [1.29, 1.82) is 0 Å². The number of benzene rings is 1. The van der Waals surface area contributed by atoms with Gasteiger partial charge in [0.1, 0.15) is 5.69 Å². The summed E-state index contributed by atoms with van der Waals surface area (Å²) in [5.74, 6) is 0.782. The van der Waals surface area contributed by atoms with E-state index in [1.165, 1.54) is 12.1 Å². The summed E-state index contributed by atoms with van der Waals surface area (Å²) in [4.78, 5) is 23.6. The normalized spacial score (nSPS) is 19.3. The molecular weight excluding hydrogens is 254 g/mol. The number of nitrogens with two attached hydrogens (primary N) is 1. The Balaban J connectivity index is 2.32. The molecule has 1 aromatic rings. The van der Waals surface area contributed by atoms with E-state index in [0.29, 0.717) is 24.4 Å². The largest absolute Gasteiger partial charge is 0.393 e. The molecule has 1 amide bonds. The number of nitro benzene ring substituents is 1. The zero-order valence-corrected chi connectivity index (χ0v) is 10.5. The van der Waals surface area contributed by atoms with E-state index in [2.05, 4.69) is 12.6 Å². The highest BCUT2D eigenvalue weighted by Crippen LogP contribution is 2.31. The van der Waals surface area contributed by atoms with Crippen LogP contribution in [0.1, 0.15) is 6.42 Å². The predicted octanol–water partition coefficient (Wildman–Crippen LogP) is 1.46. The predicted molar refractivity (Wildman–Crippen MR) is 71.8 cm³/mol. The molecule has 1 aliphatic heterocycles. The quantitative estimate of drug-likeness (QED) is 0.375. The molecule has 2 N–H and O–H groups in total. The topological polar surface area (TPSA) is 89.5 Å². The first kappa shape index (κ1) is 12.7. The van der Waals surface area contributed by atoms with Crippen LogP contribution in [-0.2, 0) is 4.79 Å². The number of carbonyl (C=O) groups is 1. The van der Waals surface area contributed by atoms with Crippen molar-refractivity contribution in [2.45, 2.75) is 6.42 Å². The SMILES string of the molecule is Nc1ccc(N2CC(CS)CC2=O)cc1[N+](=O)[O-]. The van der Waals surface area contributed by atoms with Crippen LogP contribution in [0.15, 0.2) is 18.2 Å². The number of amides is 1. The molecule has 6 nitrogen and oxygen atoms in total. The summed E-state index contributed by atoms with van der Waals surface area (Å²) in [7, 11) is 0. The third-order valence-corrected chi connectivity index (χ3v) is 3.50. The first-order chi connectivity index (χ1) is 8.52. The van der Waals surface area contributed by atoms with Crippen LogP contribution < -0.4 is 10.6 Å². The fraction of sp³-hybridized carbons (Fsp3) is 0.364. The van der Waals surface area contributed by atoms with Gasteiger partial charge in [0.25, 0.3) is 5.69 Å².